The van der Waals surface area contributed by atoms with Crippen LogP contribution in [0.4, 0.5) is 0 Å². The van der Waals surface area contributed by atoms with Crippen LogP contribution < -0.4 is 10.6 Å². The van der Waals surface area contributed by atoms with Crippen LogP contribution in [0.2, 0.25) is 0 Å². The Morgan fingerprint density at radius 1 is 1.04 bits per heavy atom. The van der Waals surface area contributed by atoms with Gasteiger partial charge in [-0.05, 0) is 108 Å². The molecule has 0 aromatic heterocycles. The van der Waals surface area contributed by atoms with Gasteiger partial charge in [-0.3, -0.25) is 9.69 Å². The van der Waals surface area contributed by atoms with Crippen LogP contribution in [-0.4, -0.2) is 49.6 Å². The fourth-order valence-corrected chi connectivity index (χ4v) is 6.58. The highest BCUT2D eigenvalue weighted by Gasteiger charge is 2.51. The molecule has 5 aliphatic rings. The summed E-state index contributed by atoms with van der Waals surface area (Å²) in [7, 11) is 2.03. The largest absolute Gasteiger partial charge is 0.350 e. The molecule has 24 heavy (non-hydrogen) atoms. The number of hydrogen-bond acceptors (Lipinski definition) is 3. The molecule has 2 N–H and O–H groups in total. The van der Waals surface area contributed by atoms with Crippen molar-refractivity contribution in [3.05, 3.63) is 0 Å². The Labute approximate surface area is 147 Å². The van der Waals surface area contributed by atoms with Gasteiger partial charge in [0.2, 0.25) is 5.91 Å². The molecule has 4 nitrogen and oxygen atoms in total. The Balaban J connectivity index is 1.24. The van der Waals surface area contributed by atoms with Crippen molar-refractivity contribution < 1.29 is 4.79 Å². The van der Waals surface area contributed by atoms with Crippen molar-refractivity contribution in [1.82, 2.24) is 15.5 Å². The fourth-order valence-electron chi connectivity index (χ4n) is 6.58. The Bertz CT molecular complexity index is 421. The van der Waals surface area contributed by atoms with E-state index in [-0.39, 0.29) is 5.54 Å². The minimum atomic E-state index is 0.178. The topological polar surface area (TPSA) is 44.4 Å². The number of nitrogens with one attached hydrogen (secondary N) is 2. The molecular weight excluding hydrogens is 298 g/mol. The number of nitrogens with zero attached hydrogens (tertiary/aromatic N) is 1. The highest BCUT2D eigenvalue weighted by molar-refractivity contribution is 5.79. The van der Waals surface area contributed by atoms with Gasteiger partial charge in [-0.2, -0.15) is 0 Å². The van der Waals surface area contributed by atoms with E-state index >= 15 is 0 Å². The standard InChI is InChI=1S/C20H35N3O/c1-21-5-2-15-3-6-23(7-4-15)14-19(24)22-20-11-16-8-17(12-20)10-18(9-16)13-20/h15-18,21H,2-14H2,1H3,(H,22,24). The summed E-state index contributed by atoms with van der Waals surface area (Å²) in [5, 5.41) is 6.78. The van der Waals surface area contributed by atoms with Gasteiger partial charge in [-0.1, -0.05) is 0 Å². The SMILES string of the molecule is CNCCC1CCN(CC(=O)NC23CC4CC(CC(C4)C2)C3)CC1. The van der Waals surface area contributed by atoms with Gasteiger partial charge in [0, 0.05) is 5.54 Å². The lowest BCUT2D eigenvalue weighted by Gasteiger charge is -2.57. The van der Waals surface area contributed by atoms with E-state index in [0.29, 0.717) is 12.5 Å². The second-order valence-corrected chi connectivity index (χ2v) is 9.36. The van der Waals surface area contributed by atoms with Crippen molar-refractivity contribution in [2.24, 2.45) is 23.7 Å². The third-order valence-corrected chi connectivity index (χ3v) is 7.32. The molecule has 4 saturated carbocycles. The quantitative estimate of drug-likeness (QED) is 0.784. The number of piperidine rings is 1. The normalized spacial score (nSPS) is 39.3. The van der Waals surface area contributed by atoms with E-state index in [1.165, 1.54) is 57.8 Å². The zero-order valence-electron chi connectivity index (χ0n) is 15.4. The lowest BCUT2D eigenvalue weighted by Crippen LogP contribution is -2.61. The van der Waals surface area contributed by atoms with Crippen LogP contribution in [0.25, 0.3) is 0 Å². The molecule has 0 atom stereocenters. The Kier molecular flexibility index (Phi) is 4.88. The zero-order chi connectivity index (χ0) is 16.6. The van der Waals surface area contributed by atoms with Crippen molar-refractivity contribution in [2.75, 3.05) is 33.2 Å². The van der Waals surface area contributed by atoms with E-state index in [0.717, 1.165) is 43.3 Å². The first-order valence-electron chi connectivity index (χ1n) is 10.3. The van der Waals surface area contributed by atoms with Crippen molar-refractivity contribution >= 4 is 5.91 Å². The second-order valence-electron chi connectivity index (χ2n) is 9.36. The minimum absolute atomic E-state index is 0.178. The highest BCUT2D eigenvalue weighted by Crippen LogP contribution is 2.55. The van der Waals surface area contributed by atoms with Crippen molar-refractivity contribution in [3.63, 3.8) is 0 Å². The first-order chi connectivity index (χ1) is 11.6. The molecule has 5 fully saturated rings. The van der Waals surface area contributed by atoms with Crippen LogP contribution in [0.1, 0.15) is 57.8 Å². The molecule has 1 aliphatic heterocycles. The van der Waals surface area contributed by atoms with E-state index in [1.807, 2.05) is 7.05 Å². The molecule has 0 spiro atoms. The fraction of sp³-hybridized carbons (Fsp3) is 0.950. The van der Waals surface area contributed by atoms with Gasteiger partial charge in [0.15, 0.2) is 0 Å². The minimum Gasteiger partial charge on any atom is -0.350 e. The summed E-state index contributed by atoms with van der Waals surface area (Å²) in [5.74, 6) is 3.85. The van der Waals surface area contributed by atoms with Crippen LogP contribution in [0.3, 0.4) is 0 Å². The third kappa shape index (κ3) is 3.65. The van der Waals surface area contributed by atoms with E-state index in [9.17, 15) is 4.79 Å². The average Bonchev–Trinajstić information content (AvgIpc) is 2.52. The summed E-state index contributed by atoms with van der Waals surface area (Å²) in [6.45, 7) is 3.95. The van der Waals surface area contributed by atoms with Gasteiger partial charge in [0.05, 0.1) is 6.54 Å². The van der Waals surface area contributed by atoms with Crippen LogP contribution >= 0.6 is 0 Å². The molecule has 5 rings (SSSR count). The van der Waals surface area contributed by atoms with E-state index in [4.69, 9.17) is 0 Å². The van der Waals surface area contributed by atoms with Crippen LogP contribution in [-0.2, 0) is 4.79 Å². The zero-order valence-corrected chi connectivity index (χ0v) is 15.4. The molecule has 136 valence electrons. The lowest BCUT2D eigenvalue weighted by atomic mass is 9.53. The Morgan fingerprint density at radius 3 is 2.17 bits per heavy atom. The van der Waals surface area contributed by atoms with Crippen molar-refractivity contribution in [1.29, 1.82) is 0 Å². The highest BCUT2D eigenvalue weighted by atomic mass is 16.2. The number of hydrogen-bond donors (Lipinski definition) is 2. The predicted octanol–water partition coefficient (Wildman–Crippen LogP) is 2.39. The smallest absolute Gasteiger partial charge is 0.234 e. The number of carbonyl (C=O) groups is 1. The molecule has 4 aliphatic carbocycles. The maximum absolute atomic E-state index is 12.7. The second kappa shape index (κ2) is 6.95. The van der Waals surface area contributed by atoms with Crippen molar-refractivity contribution in [3.8, 4) is 0 Å². The molecule has 4 bridgehead atoms. The van der Waals surface area contributed by atoms with Gasteiger partial charge < -0.3 is 10.6 Å². The summed E-state index contributed by atoms with van der Waals surface area (Å²) in [6, 6.07) is 0. The van der Waals surface area contributed by atoms with Gasteiger partial charge in [0.1, 0.15) is 0 Å². The molecule has 4 heteroatoms. The molecule has 0 unspecified atom stereocenters. The van der Waals surface area contributed by atoms with E-state index in [2.05, 4.69) is 15.5 Å². The number of carbonyl (C=O) groups excluding carboxylic acids is 1. The van der Waals surface area contributed by atoms with Gasteiger partial charge >= 0.3 is 0 Å². The Morgan fingerprint density at radius 2 is 1.62 bits per heavy atom. The van der Waals surface area contributed by atoms with E-state index < -0.39 is 0 Å². The predicted molar refractivity (Wildman–Crippen MR) is 96.8 cm³/mol. The molecule has 0 aromatic rings. The van der Waals surface area contributed by atoms with E-state index in [1.54, 1.807) is 0 Å². The first-order valence-corrected chi connectivity index (χ1v) is 10.3. The van der Waals surface area contributed by atoms with Crippen molar-refractivity contribution in [2.45, 2.75) is 63.3 Å². The molecule has 0 aromatic carbocycles. The maximum atomic E-state index is 12.7. The summed E-state index contributed by atoms with van der Waals surface area (Å²) >= 11 is 0. The molecule has 1 heterocycles. The average molecular weight is 334 g/mol. The number of likely N-dealkylation sites (tertiary alicyclic amines) is 1. The number of rotatable bonds is 6. The summed E-state index contributed by atoms with van der Waals surface area (Å²) < 4.78 is 0. The summed E-state index contributed by atoms with van der Waals surface area (Å²) in [6.07, 6.45) is 11.9. The molecule has 1 saturated heterocycles. The monoisotopic (exact) mass is 333 g/mol. The molecule has 0 radical (unpaired) electrons. The van der Waals surface area contributed by atoms with Gasteiger partial charge in [-0.15, -0.1) is 0 Å². The molecular formula is C20H35N3O. The van der Waals surface area contributed by atoms with Crippen LogP contribution in [0.15, 0.2) is 0 Å². The van der Waals surface area contributed by atoms with Gasteiger partial charge in [-0.25, -0.2) is 0 Å². The summed E-state index contributed by atoms with van der Waals surface area (Å²) in [5.41, 5.74) is 0.178. The summed E-state index contributed by atoms with van der Waals surface area (Å²) in [4.78, 5) is 15.1. The molecule has 1 amide bonds. The lowest BCUT2D eigenvalue weighted by molar-refractivity contribution is -0.128. The van der Waals surface area contributed by atoms with Crippen LogP contribution in [0.5, 0.6) is 0 Å². The third-order valence-electron chi connectivity index (χ3n) is 7.32. The first kappa shape index (κ1) is 16.8. The van der Waals surface area contributed by atoms with Gasteiger partial charge in [0.25, 0.3) is 0 Å². The maximum Gasteiger partial charge on any atom is 0.234 e. The van der Waals surface area contributed by atoms with Crippen LogP contribution in [0, 0.1) is 23.7 Å². The Hall–Kier alpha value is -0.610. The number of amides is 1.